The van der Waals surface area contributed by atoms with Gasteiger partial charge in [-0.05, 0) is 55.2 Å². The molecule has 2 atom stereocenters. The Labute approximate surface area is 245 Å². The standard InChI is InChI=1S/C31H41N5O3SSi/c1-23-12-14-27(15-13-23)40(37,38)36-17-16-28-29(32-22-33-30(28)36)34-25-18-26(39-41(5,6)31(2,3)4)21-35(20-25)19-24-10-8-7-9-11-24/h7-17,22,25-26H,18-21H2,1-6H3,(H,32,33,34)/t25-,26-/m1/s1. The Hall–Kier alpha value is -3.05. The molecular formula is C31H41N5O3SSi. The van der Waals surface area contributed by atoms with E-state index in [0.29, 0.717) is 16.9 Å². The van der Waals surface area contributed by atoms with Crippen LogP contribution in [0.15, 0.2) is 78.1 Å². The van der Waals surface area contributed by atoms with Crippen molar-refractivity contribution in [2.75, 3.05) is 18.4 Å². The first kappa shape index (κ1) is 29.4. The maximum atomic E-state index is 13.5. The van der Waals surface area contributed by atoms with Gasteiger partial charge in [0, 0.05) is 31.9 Å². The molecule has 2 aromatic heterocycles. The summed E-state index contributed by atoms with van der Waals surface area (Å²) in [7, 11) is -5.78. The number of hydrogen-bond acceptors (Lipinski definition) is 7. The number of fused-ring (bicyclic) bond motifs is 1. The topological polar surface area (TPSA) is 89.4 Å². The normalized spacial score (nSPS) is 19.0. The third kappa shape index (κ3) is 6.40. The van der Waals surface area contributed by atoms with E-state index in [4.69, 9.17) is 4.43 Å². The highest BCUT2D eigenvalue weighted by atomic mass is 32.2. The van der Waals surface area contributed by atoms with Crippen molar-refractivity contribution >= 4 is 35.2 Å². The molecule has 3 heterocycles. The molecule has 8 nitrogen and oxygen atoms in total. The van der Waals surface area contributed by atoms with E-state index in [2.05, 4.69) is 78.3 Å². The maximum Gasteiger partial charge on any atom is 0.269 e. The summed E-state index contributed by atoms with van der Waals surface area (Å²) < 4.78 is 35.1. The van der Waals surface area contributed by atoms with Crippen LogP contribution in [-0.4, -0.2) is 60.8 Å². The fraction of sp³-hybridized carbons (Fsp3) is 0.419. The Balaban J connectivity index is 1.42. The van der Waals surface area contributed by atoms with Gasteiger partial charge in [0.2, 0.25) is 0 Å². The number of nitrogens with one attached hydrogen (secondary N) is 1. The van der Waals surface area contributed by atoms with Gasteiger partial charge in [-0.3, -0.25) is 4.90 Å². The highest BCUT2D eigenvalue weighted by molar-refractivity contribution is 7.90. The van der Waals surface area contributed by atoms with Crippen LogP contribution in [0, 0.1) is 6.92 Å². The van der Waals surface area contributed by atoms with Gasteiger partial charge in [0.25, 0.3) is 10.0 Å². The molecule has 4 aromatic rings. The van der Waals surface area contributed by atoms with Gasteiger partial charge in [0.05, 0.1) is 16.4 Å². The van der Waals surface area contributed by atoms with Crippen LogP contribution >= 0.6 is 0 Å². The Morgan fingerprint density at radius 1 is 1.00 bits per heavy atom. The summed E-state index contributed by atoms with van der Waals surface area (Å²) in [6, 6.07) is 19.2. The van der Waals surface area contributed by atoms with Gasteiger partial charge >= 0.3 is 0 Å². The average Bonchev–Trinajstić information content (AvgIpc) is 3.35. The summed E-state index contributed by atoms with van der Waals surface area (Å²) in [5.74, 6) is 0.630. The predicted molar refractivity (Wildman–Crippen MR) is 167 cm³/mol. The summed E-state index contributed by atoms with van der Waals surface area (Å²) in [5, 5.41) is 4.43. The summed E-state index contributed by atoms with van der Waals surface area (Å²) in [6.07, 6.45) is 3.91. The molecule has 41 heavy (non-hydrogen) atoms. The van der Waals surface area contributed by atoms with Gasteiger partial charge in [-0.2, -0.15) is 0 Å². The lowest BCUT2D eigenvalue weighted by Gasteiger charge is -2.44. The fourth-order valence-electron chi connectivity index (χ4n) is 5.15. The molecule has 0 spiro atoms. The van der Waals surface area contributed by atoms with Crippen molar-refractivity contribution in [2.24, 2.45) is 0 Å². The first-order valence-corrected chi connectivity index (χ1v) is 18.5. The van der Waals surface area contributed by atoms with E-state index in [1.807, 2.05) is 13.0 Å². The second kappa shape index (κ2) is 11.3. The summed E-state index contributed by atoms with van der Waals surface area (Å²) in [4.78, 5) is 11.6. The molecule has 1 N–H and O–H groups in total. The SMILES string of the molecule is Cc1ccc(S(=O)(=O)n2ccc3c(N[C@@H]4C[C@@H](O[Si](C)(C)C(C)(C)C)CN(Cc5ccccc5)C4)ncnc32)cc1. The Morgan fingerprint density at radius 3 is 2.39 bits per heavy atom. The van der Waals surface area contributed by atoms with E-state index >= 15 is 0 Å². The van der Waals surface area contributed by atoms with Gasteiger partial charge in [0.15, 0.2) is 14.0 Å². The van der Waals surface area contributed by atoms with Crippen LogP contribution in [0.3, 0.4) is 0 Å². The number of likely N-dealkylation sites (tertiary alicyclic amines) is 1. The summed E-state index contributed by atoms with van der Waals surface area (Å²) in [6.45, 7) is 15.9. The number of nitrogens with zero attached hydrogens (tertiary/aromatic N) is 4. The number of benzene rings is 2. The average molecular weight is 592 g/mol. The van der Waals surface area contributed by atoms with Crippen molar-refractivity contribution in [3.63, 3.8) is 0 Å². The molecule has 0 aliphatic carbocycles. The van der Waals surface area contributed by atoms with Crippen molar-refractivity contribution in [2.45, 2.75) is 75.8 Å². The minimum Gasteiger partial charge on any atom is -0.413 e. The van der Waals surface area contributed by atoms with Crippen LogP contribution in [0.2, 0.25) is 18.1 Å². The minimum absolute atomic E-state index is 0.0670. The number of aryl methyl sites for hydroxylation is 1. The Morgan fingerprint density at radius 2 is 1.71 bits per heavy atom. The second-order valence-electron chi connectivity index (χ2n) is 12.6. The van der Waals surface area contributed by atoms with Gasteiger partial charge in [-0.15, -0.1) is 0 Å². The smallest absolute Gasteiger partial charge is 0.269 e. The molecule has 0 saturated carbocycles. The van der Waals surface area contributed by atoms with E-state index in [1.54, 1.807) is 36.5 Å². The molecule has 0 amide bonds. The lowest BCUT2D eigenvalue weighted by Crippen LogP contribution is -2.53. The largest absolute Gasteiger partial charge is 0.413 e. The molecule has 1 aliphatic rings. The molecule has 1 fully saturated rings. The molecule has 2 aromatic carbocycles. The maximum absolute atomic E-state index is 13.5. The quantitative estimate of drug-likeness (QED) is 0.249. The fourth-order valence-corrected chi connectivity index (χ4v) is 7.81. The minimum atomic E-state index is -3.80. The third-order valence-electron chi connectivity index (χ3n) is 8.37. The van der Waals surface area contributed by atoms with Gasteiger partial charge < -0.3 is 9.74 Å². The highest BCUT2D eigenvalue weighted by Crippen LogP contribution is 2.38. The van der Waals surface area contributed by atoms with E-state index in [-0.39, 0.29) is 22.1 Å². The molecule has 218 valence electrons. The van der Waals surface area contributed by atoms with Crippen molar-refractivity contribution in [1.29, 1.82) is 0 Å². The van der Waals surface area contributed by atoms with Gasteiger partial charge in [-0.25, -0.2) is 22.4 Å². The van der Waals surface area contributed by atoms with Crippen molar-refractivity contribution < 1.29 is 12.8 Å². The Bertz CT molecular complexity index is 1600. The van der Waals surface area contributed by atoms with Crippen LogP contribution in [0.5, 0.6) is 0 Å². The van der Waals surface area contributed by atoms with E-state index < -0.39 is 18.3 Å². The lowest BCUT2D eigenvalue weighted by molar-refractivity contribution is 0.0675. The van der Waals surface area contributed by atoms with Crippen LogP contribution in [-0.2, 0) is 21.0 Å². The molecule has 0 radical (unpaired) electrons. The monoisotopic (exact) mass is 591 g/mol. The summed E-state index contributed by atoms with van der Waals surface area (Å²) in [5.41, 5.74) is 2.62. The van der Waals surface area contributed by atoms with Gasteiger partial charge in [0.1, 0.15) is 12.1 Å². The van der Waals surface area contributed by atoms with Crippen molar-refractivity contribution in [1.82, 2.24) is 18.8 Å². The van der Waals surface area contributed by atoms with Crippen molar-refractivity contribution in [3.05, 3.63) is 84.3 Å². The third-order valence-corrected chi connectivity index (χ3v) is 14.6. The molecular weight excluding hydrogens is 551 g/mol. The highest BCUT2D eigenvalue weighted by Gasteiger charge is 2.41. The number of aromatic nitrogens is 3. The second-order valence-corrected chi connectivity index (χ2v) is 19.2. The summed E-state index contributed by atoms with van der Waals surface area (Å²) >= 11 is 0. The first-order chi connectivity index (χ1) is 19.3. The van der Waals surface area contributed by atoms with E-state index in [0.717, 1.165) is 31.6 Å². The predicted octanol–water partition coefficient (Wildman–Crippen LogP) is 6.05. The Kier molecular flexibility index (Phi) is 8.13. The zero-order chi connectivity index (χ0) is 29.4. The molecule has 0 unspecified atom stereocenters. The number of piperidine rings is 1. The number of hydrogen-bond donors (Lipinski definition) is 1. The van der Waals surface area contributed by atoms with Gasteiger partial charge in [-0.1, -0.05) is 68.8 Å². The lowest BCUT2D eigenvalue weighted by atomic mass is 10.0. The molecule has 1 aliphatic heterocycles. The zero-order valence-corrected chi connectivity index (χ0v) is 26.6. The van der Waals surface area contributed by atoms with Crippen LogP contribution in [0.4, 0.5) is 5.82 Å². The van der Waals surface area contributed by atoms with E-state index in [9.17, 15) is 8.42 Å². The first-order valence-electron chi connectivity index (χ1n) is 14.2. The van der Waals surface area contributed by atoms with Crippen molar-refractivity contribution in [3.8, 4) is 0 Å². The van der Waals surface area contributed by atoms with Crippen LogP contribution in [0.25, 0.3) is 11.0 Å². The van der Waals surface area contributed by atoms with Crippen LogP contribution in [0.1, 0.15) is 38.3 Å². The van der Waals surface area contributed by atoms with E-state index in [1.165, 1.54) is 15.9 Å². The molecule has 5 rings (SSSR count). The van der Waals surface area contributed by atoms with Crippen LogP contribution < -0.4 is 5.32 Å². The number of anilines is 1. The zero-order valence-electron chi connectivity index (χ0n) is 24.8. The number of rotatable bonds is 8. The molecule has 1 saturated heterocycles. The molecule has 10 heteroatoms. The molecule has 0 bridgehead atoms.